The van der Waals surface area contributed by atoms with E-state index in [0.29, 0.717) is 12.0 Å². The molecule has 0 aliphatic carbocycles. The highest BCUT2D eigenvalue weighted by Crippen LogP contribution is 2.20. The largest absolute Gasteiger partial charge is 0.339 e. The number of anilines is 1. The summed E-state index contributed by atoms with van der Waals surface area (Å²) < 4.78 is 1.85. The van der Waals surface area contributed by atoms with E-state index in [2.05, 4.69) is 34.1 Å². The molecule has 2 aromatic rings. The van der Waals surface area contributed by atoms with Gasteiger partial charge in [-0.15, -0.1) is 5.10 Å². The van der Waals surface area contributed by atoms with Gasteiger partial charge in [0.2, 0.25) is 5.95 Å². The van der Waals surface area contributed by atoms with Gasteiger partial charge < -0.3 is 10.2 Å². The molecule has 1 aliphatic rings. The van der Waals surface area contributed by atoms with Crippen molar-refractivity contribution < 1.29 is 0 Å². The van der Waals surface area contributed by atoms with Crippen LogP contribution in [0.1, 0.15) is 26.7 Å². The van der Waals surface area contributed by atoms with Gasteiger partial charge in [0, 0.05) is 25.3 Å². The number of nitrogens with zero attached hydrogens (tertiary/aromatic N) is 4. The summed E-state index contributed by atoms with van der Waals surface area (Å²) in [6.07, 6.45) is 4.47. The molecular weight excluding hydrogens is 250 g/mol. The summed E-state index contributed by atoms with van der Waals surface area (Å²) in [5.74, 6) is 1.56. The summed E-state index contributed by atoms with van der Waals surface area (Å²) in [7, 11) is 0. The quantitative estimate of drug-likeness (QED) is 0.925. The minimum absolute atomic E-state index is 0.554. The van der Waals surface area contributed by atoms with E-state index < -0.39 is 0 Å². The second-order valence-electron chi connectivity index (χ2n) is 5.93. The summed E-state index contributed by atoms with van der Waals surface area (Å²) in [4.78, 5) is 6.95. The minimum Gasteiger partial charge on any atom is -0.339 e. The summed E-state index contributed by atoms with van der Waals surface area (Å²) in [6, 6.07) is 6.54. The van der Waals surface area contributed by atoms with Crippen LogP contribution in [0.2, 0.25) is 0 Å². The van der Waals surface area contributed by atoms with Gasteiger partial charge in [-0.25, -0.2) is 4.52 Å². The Bertz CT molecular complexity index is 529. The lowest BCUT2D eigenvalue weighted by molar-refractivity contribution is 0.377. The fourth-order valence-corrected chi connectivity index (χ4v) is 2.77. The Hall–Kier alpha value is -1.62. The van der Waals surface area contributed by atoms with Crippen LogP contribution in [-0.2, 0) is 0 Å². The number of hydrogen-bond donors (Lipinski definition) is 1. The van der Waals surface area contributed by atoms with Crippen molar-refractivity contribution in [3.05, 3.63) is 24.4 Å². The van der Waals surface area contributed by atoms with Crippen LogP contribution in [0, 0.1) is 5.92 Å². The summed E-state index contributed by atoms with van der Waals surface area (Å²) >= 11 is 0. The maximum atomic E-state index is 4.62. The molecule has 0 amide bonds. The van der Waals surface area contributed by atoms with Gasteiger partial charge >= 0.3 is 0 Å². The SMILES string of the molecule is CC(C)NCC1CCCN(c2nc3ccccn3n2)C1. The van der Waals surface area contributed by atoms with Gasteiger partial charge in [0.05, 0.1) is 0 Å². The maximum Gasteiger partial charge on any atom is 0.245 e. The van der Waals surface area contributed by atoms with Crippen LogP contribution in [0.5, 0.6) is 0 Å². The first kappa shape index (κ1) is 13.4. The lowest BCUT2D eigenvalue weighted by Crippen LogP contribution is -2.41. The van der Waals surface area contributed by atoms with Crippen LogP contribution in [0.15, 0.2) is 24.4 Å². The number of fused-ring (bicyclic) bond motifs is 1. The molecule has 2 aromatic heterocycles. The molecule has 3 rings (SSSR count). The maximum absolute atomic E-state index is 4.62. The van der Waals surface area contributed by atoms with E-state index in [4.69, 9.17) is 0 Å². The zero-order valence-corrected chi connectivity index (χ0v) is 12.3. The van der Waals surface area contributed by atoms with Gasteiger partial charge in [0.25, 0.3) is 0 Å². The number of nitrogens with one attached hydrogen (secondary N) is 1. The van der Waals surface area contributed by atoms with Crippen molar-refractivity contribution in [2.24, 2.45) is 5.92 Å². The predicted octanol–water partition coefficient (Wildman–Crippen LogP) is 1.94. The molecule has 1 atom stereocenters. The third kappa shape index (κ3) is 2.93. The highest BCUT2D eigenvalue weighted by Gasteiger charge is 2.22. The molecular formula is C15H23N5. The first-order valence-corrected chi connectivity index (χ1v) is 7.52. The summed E-state index contributed by atoms with van der Waals surface area (Å²) in [5, 5.41) is 8.12. The summed E-state index contributed by atoms with van der Waals surface area (Å²) in [6.45, 7) is 7.60. The third-order valence-electron chi connectivity index (χ3n) is 3.85. The molecule has 1 aliphatic heterocycles. The van der Waals surface area contributed by atoms with E-state index in [1.54, 1.807) is 0 Å². The van der Waals surface area contributed by atoms with E-state index in [9.17, 15) is 0 Å². The molecule has 108 valence electrons. The van der Waals surface area contributed by atoms with Gasteiger partial charge in [-0.2, -0.15) is 4.98 Å². The average Bonchev–Trinajstić information content (AvgIpc) is 2.89. The van der Waals surface area contributed by atoms with Crippen molar-refractivity contribution in [2.75, 3.05) is 24.5 Å². The monoisotopic (exact) mass is 273 g/mol. The molecule has 0 saturated carbocycles. The fraction of sp³-hybridized carbons (Fsp3) is 0.600. The Kier molecular flexibility index (Phi) is 3.87. The molecule has 5 nitrogen and oxygen atoms in total. The third-order valence-corrected chi connectivity index (χ3v) is 3.85. The summed E-state index contributed by atoms with van der Waals surface area (Å²) in [5.41, 5.74) is 0.921. The van der Waals surface area contributed by atoms with E-state index in [0.717, 1.165) is 31.2 Å². The van der Waals surface area contributed by atoms with Gasteiger partial charge in [0.1, 0.15) is 0 Å². The Morgan fingerprint density at radius 3 is 3.10 bits per heavy atom. The molecule has 20 heavy (non-hydrogen) atoms. The Labute approximate surface area is 120 Å². The first-order chi connectivity index (χ1) is 9.72. The van der Waals surface area contributed by atoms with Crippen LogP contribution in [0.4, 0.5) is 5.95 Å². The van der Waals surface area contributed by atoms with Crippen molar-refractivity contribution >= 4 is 11.6 Å². The molecule has 1 saturated heterocycles. The lowest BCUT2D eigenvalue weighted by atomic mass is 9.98. The molecule has 0 spiro atoms. The smallest absolute Gasteiger partial charge is 0.245 e. The Morgan fingerprint density at radius 2 is 2.30 bits per heavy atom. The number of aromatic nitrogens is 3. The minimum atomic E-state index is 0.554. The van der Waals surface area contributed by atoms with Gasteiger partial charge in [-0.05, 0) is 37.4 Å². The van der Waals surface area contributed by atoms with Crippen molar-refractivity contribution in [3.63, 3.8) is 0 Å². The van der Waals surface area contributed by atoms with Gasteiger partial charge in [-0.1, -0.05) is 19.9 Å². The standard InChI is InChI=1S/C15H23N5/c1-12(2)16-10-13-6-5-8-19(11-13)15-17-14-7-3-4-9-20(14)18-15/h3-4,7,9,12-13,16H,5-6,8,10-11H2,1-2H3. The Balaban J connectivity index is 1.69. The van der Waals surface area contributed by atoms with Crippen LogP contribution in [0.25, 0.3) is 5.65 Å². The van der Waals surface area contributed by atoms with Crippen LogP contribution in [-0.4, -0.2) is 40.3 Å². The number of pyridine rings is 1. The molecule has 3 heterocycles. The first-order valence-electron chi connectivity index (χ1n) is 7.52. The molecule has 0 bridgehead atoms. The fourth-order valence-electron chi connectivity index (χ4n) is 2.77. The number of rotatable bonds is 4. The van der Waals surface area contributed by atoms with Crippen LogP contribution < -0.4 is 10.2 Å². The normalized spacial score (nSPS) is 19.9. The zero-order chi connectivity index (χ0) is 13.9. The van der Waals surface area contributed by atoms with Crippen molar-refractivity contribution in [2.45, 2.75) is 32.7 Å². The van der Waals surface area contributed by atoms with Gasteiger partial charge in [-0.3, -0.25) is 0 Å². The second-order valence-corrected chi connectivity index (χ2v) is 5.93. The van der Waals surface area contributed by atoms with Gasteiger partial charge in [0.15, 0.2) is 5.65 Å². The molecule has 0 aromatic carbocycles. The van der Waals surface area contributed by atoms with Crippen molar-refractivity contribution in [3.8, 4) is 0 Å². The molecule has 0 radical (unpaired) electrons. The second kappa shape index (κ2) is 5.79. The molecule has 1 N–H and O–H groups in total. The number of piperidine rings is 1. The Morgan fingerprint density at radius 1 is 1.40 bits per heavy atom. The molecule has 5 heteroatoms. The van der Waals surface area contributed by atoms with E-state index in [1.165, 1.54) is 12.8 Å². The van der Waals surface area contributed by atoms with Crippen molar-refractivity contribution in [1.29, 1.82) is 0 Å². The van der Waals surface area contributed by atoms with E-state index in [-0.39, 0.29) is 0 Å². The topological polar surface area (TPSA) is 45.5 Å². The number of hydrogen-bond acceptors (Lipinski definition) is 4. The highest BCUT2D eigenvalue weighted by molar-refractivity contribution is 5.44. The predicted molar refractivity (Wildman–Crippen MR) is 81.1 cm³/mol. The van der Waals surface area contributed by atoms with Crippen LogP contribution in [0.3, 0.4) is 0 Å². The average molecular weight is 273 g/mol. The highest BCUT2D eigenvalue weighted by atomic mass is 15.4. The van der Waals surface area contributed by atoms with Crippen molar-refractivity contribution in [1.82, 2.24) is 19.9 Å². The molecule has 1 fully saturated rings. The van der Waals surface area contributed by atoms with Crippen LogP contribution >= 0.6 is 0 Å². The lowest BCUT2D eigenvalue weighted by Gasteiger charge is -2.32. The molecule has 1 unspecified atom stereocenters. The van der Waals surface area contributed by atoms with E-state index in [1.807, 2.05) is 28.9 Å². The van der Waals surface area contributed by atoms with E-state index >= 15 is 0 Å². The zero-order valence-electron chi connectivity index (χ0n) is 12.3.